The number of nitrogens with one attached hydrogen (secondary N) is 2. The fourth-order valence-electron chi connectivity index (χ4n) is 0.997. The highest BCUT2D eigenvalue weighted by molar-refractivity contribution is 6.00. The molecular formula is C10H12N2O3. The standard InChI is InChI=1S/C10H12N2O3/c1-7(13)11-10(14)12-8-3-5-9(15-2)6-4-8/h3-6H,1-2H3,(H2,11,12,13,14). The van der Waals surface area contributed by atoms with Gasteiger partial charge < -0.3 is 10.1 Å². The van der Waals surface area contributed by atoms with Crippen molar-refractivity contribution in [2.24, 2.45) is 0 Å². The molecule has 0 aromatic heterocycles. The number of benzene rings is 1. The first-order chi connectivity index (χ1) is 7.11. The summed E-state index contributed by atoms with van der Waals surface area (Å²) in [6, 6.07) is 6.23. The molecule has 0 radical (unpaired) electrons. The van der Waals surface area contributed by atoms with E-state index in [1.54, 1.807) is 31.4 Å². The van der Waals surface area contributed by atoms with E-state index in [0.717, 1.165) is 0 Å². The number of amides is 3. The van der Waals surface area contributed by atoms with Crippen LogP contribution in [0, 0.1) is 0 Å². The highest BCUT2D eigenvalue weighted by Gasteiger charge is 2.02. The summed E-state index contributed by atoms with van der Waals surface area (Å²) in [5.41, 5.74) is 0.592. The van der Waals surface area contributed by atoms with E-state index in [1.165, 1.54) is 6.92 Å². The molecule has 1 aromatic carbocycles. The van der Waals surface area contributed by atoms with Crippen LogP contribution in [0.3, 0.4) is 0 Å². The van der Waals surface area contributed by atoms with Gasteiger partial charge in [0.2, 0.25) is 5.91 Å². The van der Waals surface area contributed by atoms with Crippen molar-refractivity contribution in [1.29, 1.82) is 0 Å². The van der Waals surface area contributed by atoms with Gasteiger partial charge in [-0.15, -0.1) is 0 Å². The summed E-state index contributed by atoms with van der Waals surface area (Å²) in [6.45, 7) is 1.27. The lowest BCUT2D eigenvalue weighted by Crippen LogP contribution is -2.32. The molecule has 3 amide bonds. The van der Waals surface area contributed by atoms with Crippen molar-refractivity contribution in [2.75, 3.05) is 12.4 Å². The van der Waals surface area contributed by atoms with Gasteiger partial charge in [0.15, 0.2) is 0 Å². The Hall–Kier alpha value is -2.04. The fourth-order valence-corrected chi connectivity index (χ4v) is 0.997. The third-order valence-corrected chi connectivity index (χ3v) is 1.64. The van der Waals surface area contributed by atoms with Crippen LogP contribution >= 0.6 is 0 Å². The van der Waals surface area contributed by atoms with Crippen molar-refractivity contribution >= 4 is 17.6 Å². The molecule has 0 atom stereocenters. The van der Waals surface area contributed by atoms with Gasteiger partial charge in [0, 0.05) is 12.6 Å². The summed E-state index contributed by atoms with van der Waals surface area (Å²) < 4.78 is 4.96. The first kappa shape index (κ1) is 11.0. The number of ether oxygens (including phenoxy) is 1. The third kappa shape index (κ3) is 3.68. The predicted octanol–water partition coefficient (Wildman–Crippen LogP) is 1.36. The number of carbonyl (C=O) groups excluding carboxylic acids is 2. The number of methoxy groups -OCH3 is 1. The number of hydrogen-bond donors (Lipinski definition) is 2. The molecule has 0 heterocycles. The Bertz CT molecular complexity index is 359. The van der Waals surface area contributed by atoms with Crippen LogP contribution in [-0.2, 0) is 4.79 Å². The summed E-state index contributed by atoms with van der Waals surface area (Å²) in [5.74, 6) is 0.300. The van der Waals surface area contributed by atoms with Gasteiger partial charge in [0.05, 0.1) is 7.11 Å². The highest BCUT2D eigenvalue weighted by atomic mass is 16.5. The topological polar surface area (TPSA) is 67.4 Å². The van der Waals surface area contributed by atoms with Crippen LogP contribution < -0.4 is 15.4 Å². The Kier molecular flexibility index (Phi) is 3.68. The van der Waals surface area contributed by atoms with Crippen molar-refractivity contribution < 1.29 is 14.3 Å². The Balaban J connectivity index is 2.57. The van der Waals surface area contributed by atoms with Gasteiger partial charge in [0.1, 0.15) is 5.75 Å². The molecule has 0 bridgehead atoms. The van der Waals surface area contributed by atoms with Crippen LogP contribution in [0.25, 0.3) is 0 Å². The van der Waals surface area contributed by atoms with Crippen LogP contribution in [0.1, 0.15) is 6.92 Å². The highest BCUT2D eigenvalue weighted by Crippen LogP contribution is 2.14. The van der Waals surface area contributed by atoms with Crippen molar-refractivity contribution in [2.45, 2.75) is 6.92 Å². The zero-order valence-electron chi connectivity index (χ0n) is 8.53. The molecule has 0 aliphatic rings. The Morgan fingerprint density at radius 2 is 1.80 bits per heavy atom. The molecule has 0 aliphatic heterocycles. The molecule has 5 nitrogen and oxygen atoms in total. The second kappa shape index (κ2) is 4.99. The van der Waals surface area contributed by atoms with Crippen molar-refractivity contribution in [3.63, 3.8) is 0 Å². The fraction of sp³-hybridized carbons (Fsp3) is 0.200. The number of hydrogen-bond acceptors (Lipinski definition) is 3. The van der Waals surface area contributed by atoms with Crippen molar-refractivity contribution in [1.82, 2.24) is 5.32 Å². The number of carbonyl (C=O) groups is 2. The molecule has 0 saturated heterocycles. The van der Waals surface area contributed by atoms with Crippen LogP contribution in [-0.4, -0.2) is 19.0 Å². The van der Waals surface area contributed by atoms with Gasteiger partial charge in [-0.25, -0.2) is 4.79 Å². The SMILES string of the molecule is COc1ccc(NC(=O)NC(C)=O)cc1. The Labute approximate surface area is 87.4 Å². The average molecular weight is 208 g/mol. The molecular weight excluding hydrogens is 196 g/mol. The Morgan fingerprint density at radius 3 is 2.27 bits per heavy atom. The zero-order valence-corrected chi connectivity index (χ0v) is 8.53. The maximum absolute atomic E-state index is 11.1. The second-order valence-electron chi connectivity index (χ2n) is 2.86. The molecule has 0 spiro atoms. The molecule has 0 fully saturated rings. The summed E-state index contributed by atoms with van der Waals surface area (Å²) in [6.07, 6.45) is 0. The summed E-state index contributed by atoms with van der Waals surface area (Å²) in [4.78, 5) is 21.7. The minimum atomic E-state index is -0.548. The van der Waals surface area contributed by atoms with Crippen molar-refractivity contribution in [3.8, 4) is 5.75 Å². The quantitative estimate of drug-likeness (QED) is 0.771. The van der Waals surface area contributed by atoms with Crippen LogP contribution in [0.4, 0.5) is 10.5 Å². The van der Waals surface area contributed by atoms with Crippen molar-refractivity contribution in [3.05, 3.63) is 24.3 Å². The molecule has 80 valence electrons. The summed E-state index contributed by atoms with van der Waals surface area (Å²) in [5, 5.41) is 4.60. The second-order valence-corrected chi connectivity index (χ2v) is 2.86. The van der Waals surface area contributed by atoms with E-state index in [-0.39, 0.29) is 0 Å². The van der Waals surface area contributed by atoms with Gasteiger partial charge >= 0.3 is 6.03 Å². The molecule has 1 aromatic rings. The first-order valence-corrected chi connectivity index (χ1v) is 4.34. The van der Waals surface area contributed by atoms with Gasteiger partial charge in [-0.1, -0.05) is 0 Å². The number of rotatable bonds is 2. The predicted molar refractivity (Wildman–Crippen MR) is 55.8 cm³/mol. The minimum absolute atomic E-state index is 0.402. The van der Waals surface area contributed by atoms with E-state index in [1.807, 2.05) is 0 Å². The van der Waals surface area contributed by atoms with Gasteiger partial charge in [-0.05, 0) is 24.3 Å². The molecule has 1 rings (SSSR count). The molecule has 5 heteroatoms. The van der Waals surface area contributed by atoms with Crippen LogP contribution in [0.5, 0.6) is 5.75 Å². The van der Waals surface area contributed by atoms with Gasteiger partial charge in [-0.2, -0.15) is 0 Å². The molecule has 2 N–H and O–H groups in total. The summed E-state index contributed by atoms with van der Waals surface area (Å²) >= 11 is 0. The van der Waals surface area contributed by atoms with E-state index >= 15 is 0 Å². The van der Waals surface area contributed by atoms with E-state index < -0.39 is 11.9 Å². The van der Waals surface area contributed by atoms with Crippen LogP contribution in [0.2, 0.25) is 0 Å². The van der Waals surface area contributed by atoms with E-state index in [4.69, 9.17) is 4.74 Å². The lowest BCUT2D eigenvalue weighted by Gasteiger charge is -2.05. The van der Waals surface area contributed by atoms with Gasteiger partial charge in [-0.3, -0.25) is 10.1 Å². The first-order valence-electron chi connectivity index (χ1n) is 4.34. The van der Waals surface area contributed by atoms with E-state index in [9.17, 15) is 9.59 Å². The molecule has 15 heavy (non-hydrogen) atoms. The lowest BCUT2D eigenvalue weighted by molar-refractivity contribution is -0.117. The molecule has 0 saturated carbocycles. The average Bonchev–Trinajstić information content (AvgIpc) is 2.17. The van der Waals surface area contributed by atoms with Gasteiger partial charge in [0.25, 0.3) is 0 Å². The smallest absolute Gasteiger partial charge is 0.325 e. The number of urea groups is 1. The van der Waals surface area contributed by atoms with Crippen LogP contribution in [0.15, 0.2) is 24.3 Å². The largest absolute Gasteiger partial charge is 0.497 e. The summed E-state index contributed by atoms with van der Waals surface area (Å²) in [7, 11) is 1.56. The molecule has 0 aliphatic carbocycles. The number of imide groups is 1. The maximum atomic E-state index is 11.1. The third-order valence-electron chi connectivity index (χ3n) is 1.64. The Morgan fingerprint density at radius 1 is 1.20 bits per heavy atom. The number of anilines is 1. The maximum Gasteiger partial charge on any atom is 0.325 e. The van der Waals surface area contributed by atoms with E-state index in [0.29, 0.717) is 11.4 Å². The van der Waals surface area contributed by atoms with E-state index in [2.05, 4.69) is 10.6 Å². The zero-order chi connectivity index (χ0) is 11.3. The normalized spacial score (nSPS) is 9.20. The molecule has 0 unspecified atom stereocenters. The monoisotopic (exact) mass is 208 g/mol. The lowest BCUT2D eigenvalue weighted by atomic mass is 10.3. The minimum Gasteiger partial charge on any atom is -0.497 e.